The monoisotopic (exact) mass is 437 g/mol. The van der Waals surface area contributed by atoms with Crippen LogP contribution in [0.25, 0.3) is 10.9 Å². The maximum absolute atomic E-state index is 12.4. The number of carbonyl (C=O) groups is 2. The second-order valence-corrected chi connectivity index (χ2v) is 9.93. The highest BCUT2D eigenvalue weighted by Gasteiger charge is 2.32. The van der Waals surface area contributed by atoms with Gasteiger partial charge in [-0.15, -0.1) is 0 Å². The summed E-state index contributed by atoms with van der Waals surface area (Å²) >= 11 is 0. The first-order valence-corrected chi connectivity index (χ1v) is 12.3. The molecule has 3 fully saturated rings. The molecule has 2 atom stereocenters. The van der Waals surface area contributed by atoms with Crippen LogP contribution in [0.2, 0.25) is 0 Å². The number of carbonyl (C=O) groups excluding carboxylic acids is 2. The molecule has 2 N–H and O–H groups in total. The van der Waals surface area contributed by atoms with E-state index in [1.807, 2.05) is 11.7 Å². The molecule has 7 heteroatoms. The molecular formula is C25H35N5O2. The van der Waals surface area contributed by atoms with Crippen LogP contribution < -0.4 is 10.6 Å². The smallest absolute Gasteiger partial charge is 0.235 e. The third-order valence-corrected chi connectivity index (χ3v) is 8.12. The average Bonchev–Trinajstić information content (AvgIpc) is 3.15. The summed E-state index contributed by atoms with van der Waals surface area (Å²) in [6.07, 6.45) is 5.89. The minimum atomic E-state index is -0.345. The van der Waals surface area contributed by atoms with Crippen LogP contribution in [0, 0.1) is 5.92 Å². The van der Waals surface area contributed by atoms with Crippen LogP contribution in [0.15, 0.2) is 18.2 Å². The molecule has 3 saturated heterocycles. The number of benzene rings is 1. The van der Waals surface area contributed by atoms with Gasteiger partial charge in [0.05, 0.1) is 17.1 Å². The number of piperidine rings is 3. The van der Waals surface area contributed by atoms with Gasteiger partial charge < -0.3 is 10.2 Å². The molecule has 0 aliphatic carbocycles. The van der Waals surface area contributed by atoms with Crippen LogP contribution in [0.5, 0.6) is 0 Å². The number of hydrogen-bond acceptors (Lipinski definition) is 5. The van der Waals surface area contributed by atoms with Gasteiger partial charge in [-0.3, -0.25) is 19.6 Å². The fourth-order valence-corrected chi connectivity index (χ4v) is 6.03. The Labute approximate surface area is 189 Å². The molecule has 0 spiro atoms. The van der Waals surface area contributed by atoms with Gasteiger partial charge in [0.2, 0.25) is 11.8 Å². The number of imide groups is 1. The van der Waals surface area contributed by atoms with Gasteiger partial charge in [-0.25, -0.2) is 0 Å². The lowest BCUT2D eigenvalue weighted by atomic mass is 9.85. The summed E-state index contributed by atoms with van der Waals surface area (Å²) < 4.78 is 1.90. The van der Waals surface area contributed by atoms with E-state index in [0.717, 1.165) is 35.6 Å². The van der Waals surface area contributed by atoms with Gasteiger partial charge in [0.1, 0.15) is 0 Å². The maximum atomic E-state index is 12.4. The van der Waals surface area contributed by atoms with E-state index in [1.165, 1.54) is 44.3 Å². The first kappa shape index (κ1) is 21.6. The largest absolute Gasteiger partial charge is 0.317 e. The number of nitrogens with zero attached hydrogens (tertiary/aromatic N) is 3. The van der Waals surface area contributed by atoms with Crippen molar-refractivity contribution >= 4 is 22.7 Å². The zero-order chi connectivity index (χ0) is 22.2. The fourth-order valence-electron chi connectivity index (χ4n) is 6.03. The highest BCUT2D eigenvalue weighted by molar-refractivity contribution is 6.02. The van der Waals surface area contributed by atoms with Gasteiger partial charge in [-0.1, -0.05) is 12.1 Å². The Balaban J connectivity index is 1.29. The molecule has 3 aliphatic rings. The molecule has 1 aromatic carbocycles. The predicted molar refractivity (Wildman–Crippen MR) is 124 cm³/mol. The van der Waals surface area contributed by atoms with Crippen molar-refractivity contribution in [2.75, 3.05) is 26.2 Å². The summed E-state index contributed by atoms with van der Waals surface area (Å²) in [7, 11) is 1.95. The molecule has 2 amide bonds. The average molecular weight is 438 g/mol. The summed E-state index contributed by atoms with van der Waals surface area (Å²) in [5.41, 5.74) is 3.25. The number of fused-ring (bicyclic) bond motifs is 1. The quantitative estimate of drug-likeness (QED) is 0.719. The summed E-state index contributed by atoms with van der Waals surface area (Å²) in [4.78, 5) is 26.6. The second kappa shape index (κ2) is 8.94. The van der Waals surface area contributed by atoms with Crippen LogP contribution in [-0.4, -0.2) is 58.7 Å². The number of aromatic nitrogens is 2. The SMILES string of the molecule is CC(C1CCNCC1)N1CCC(c2ccc3c(C4CCC(=O)NC4=O)nn(C)c3c2)CC1. The maximum Gasteiger partial charge on any atom is 0.235 e. The third kappa shape index (κ3) is 4.08. The minimum absolute atomic E-state index is 0.186. The number of hydrogen-bond donors (Lipinski definition) is 2. The van der Waals surface area contributed by atoms with Gasteiger partial charge in [0, 0.05) is 24.9 Å². The van der Waals surface area contributed by atoms with Crippen LogP contribution >= 0.6 is 0 Å². The van der Waals surface area contributed by atoms with Crippen LogP contribution in [-0.2, 0) is 16.6 Å². The van der Waals surface area contributed by atoms with E-state index in [1.54, 1.807) is 0 Å². The summed E-state index contributed by atoms with van der Waals surface area (Å²) in [6.45, 7) is 7.09. The van der Waals surface area contributed by atoms with Crippen molar-refractivity contribution in [3.05, 3.63) is 29.5 Å². The Kier molecular flexibility index (Phi) is 6.03. The first-order chi connectivity index (χ1) is 15.5. The Morgan fingerprint density at radius 3 is 2.53 bits per heavy atom. The molecule has 0 bridgehead atoms. The van der Waals surface area contributed by atoms with E-state index in [9.17, 15) is 9.59 Å². The Morgan fingerprint density at radius 1 is 1.06 bits per heavy atom. The normalized spacial score (nSPS) is 25.2. The molecule has 0 saturated carbocycles. The number of amides is 2. The van der Waals surface area contributed by atoms with Crippen molar-refractivity contribution in [1.29, 1.82) is 0 Å². The van der Waals surface area contributed by atoms with Crippen LogP contribution in [0.1, 0.15) is 68.5 Å². The summed E-state index contributed by atoms with van der Waals surface area (Å²) in [5.74, 6) is 0.645. The number of rotatable bonds is 4. The van der Waals surface area contributed by atoms with Crippen molar-refractivity contribution < 1.29 is 9.59 Å². The molecule has 1 aromatic heterocycles. The van der Waals surface area contributed by atoms with Crippen molar-refractivity contribution in [3.8, 4) is 0 Å². The molecule has 7 nitrogen and oxygen atoms in total. The highest BCUT2D eigenvalue weighted by Crippen LogP contribution is 2.35. The Morgan fingerprint density at radius 2 is 1.81 bits per heavy atom. The van der Waals surface area contributed by atoms with E-state index >= 15 is 0 Å². The van der Waals surface area contributed by atoms with Crippen molar-refractivity contribution in [2.45, 2.75) is 63.3 Å². The Hall–Kier alpha value is -2.25. The van der Waals surface area contributed by atoms with E-state index in [-0.39, 0.29) is 17.7 Å². The lowest BCUT2D eigenvalue weighted by Crippen LogP contribution is -2.46. The topological polar surface area (TPSA) is 79.3 Å². The fraction of sp³-hybridized carbons (Fsp3) is 0.640. The highest BCUT2D eigenvalue weighted by atomic mass is 16.2. The van der Waals surface area contributed by atoms with Gasteiger partial charge in [-0.2, -0.15) is 5.10 Å². The molecule has 5 rings (SSSR count). The van der Waals surface area contributed by atoms with Gasteiger partial charge in [0.25, 0.3) is 0 Å². The van der Waals surface area contributed by atoms with Gasteiger partial charge in [-0.05, 0) is 88.7 Å². The molecular weight excluding hydrogens is 402 g/mol. The second-order valence-electron chi connectivity index (χ2n) is 9.93. The third-order valence-electron chi connectivity index (χ3n) is 8.12. The van der Waals surface area contributed by atoms with E-state index in [4.69, 9.17) is 5.10 Å². The van der Waals surface area contributed by atoms with Gasteiger partial charge >= 0.3 is 0 Å². The number of aryl methyl sites for hydroxylation is 1. The number of nitrogens with one attached hydrogen (secondary N) is 2. The molecule has 2 aromatic rings. The molecule has 32 heavy (non-hydrogen) atoms. The van der Waals surface area contributed by atoms with Crippen molar-refractivity contribution in [3.63, 3.8) is 0 Å². The molecule has 2 unspecified atom stereocenters. The van der Waals surface area contributed by atoms with E-state index < -0.39 is 0 Å². The van der Waals surface area contributed by atoms with E-state index in [0.29, 0.717) is 24.8 Å². The van der Waals surface area contributed by atoms with Crippen molar-refractivity contribution in [1.82, 2.24) is 25.3 Å². The lowest BCUT2D eigenvalue weighted by molar-refractivity contribution is -0.134. The van der Waals surface area contributed by atoms with Crippen LogP contribution in [0.4, 0.5) is 0 Å². The standard InChI is InChI=1S/C25H35N5O2/c1-16(17-7-11-26-12-8-17)30-13-9-18(10-14-30)19-3-4-20-22(15-19)29(2)28-24(20)21-5-6-23(31)27-25(21)32/h3-4,15-18,21,26H,5-14H2,1-2H3,(H,27,31,32). The zero-order valence-electron chi connectivity index (χ0n) is 19.3. The zero-order valence-corrected chi connectivity index (χ0v) is 19.3. The summed E-state index contributed by atoms with van der Waals surface area (Å²) in [5, 5.41) is 11.7. The van der Waals surface area contributed by atoms with Crippen LogP contribution in [0.3, 0.4) is 0 Å². The first-order valence-electron chi connectivity index (χ1n) is 12.3. The van der Waals surface area contributed by atoms with Crippen molar-refractivity contribution in [2.24, 2.45) is 13.0 Å². The van der Waals surface area contributed by atoms with Gasteiger partial charge in [0.15, 0.2) is 0 Å². The molecule has 0 radical (unpaired) electrons. The number of likely N-dealkylation sites (tertiary alicyclic amines) is 1. The Bertz CT molecular complexity index is 1000. The lowest BCUT2D eigenvalue weighted by Gasteiger charge is -2.41. The van der Waals surface area contributed by atoms with E-state index in [2.05, 4.69) is 40.7 Å². The molecule has 172 valence electrons. The minimum Gasteiger partial charge on any atom is -0.317 e. The molecule has 3 aliphatic heterocycles. The predicted octanol–water partition coefficient (Wildman–Crippen LogP) is 2.66. The summed E-state index contributed by atoms with van der Waals surface area (Å²) in [6, 6.07) is 7.32. The molecule has 4 heterocycles.